The molecule has 0 saturated carbocycles. The molecule has 2 aliphatic rings. The molecule has 0 spiro atoms. The fraction of sp³-hybridized carbons (Fsp3) is 0.593. The monoisotopic (exact) mass is 605 g/mol. The molecule has 0 bridgehead atoms. The van der Waals surface area contributed by atoms with E-state index in [1.807, 2.05) is 33.8 Å². The maximum atomic E-state index is 13.1. The Bertz CT molecular complexity index is 1260. The second-order valence-corrected chi connectivity index (χ2v) is 11.4. The lowest BCUT2D eigenvalue weighted by Crippen LogP contribution is -2.50. The third-order valence-corrected chi connectivity index (χ3v) is 7.03. The average molecular weight is 606 g/mol. The summed E-state index contributed by atoms with van der Waals surface area (Å²) in [5.41, 5.74) is -2.46. The van der Waals surface area contributed by atoms with Crippen LogP contribution in [0.3, 0.4) is 0 Å². The molecule has 2 aliphatic heterocycles. The summed E-state index contributed by atoms with van der Waals surface area (Å²) < 4.78 is 91.1. The zero-order valence-electron chi connectivity index (χ0n) is 23.7. The molecule has 232 valence electrons. The number of hydrogen-bond donors (Lipinski definition) is 0. The quantitative estimate of drug-likeness (QED) is 0.417. The number of alkyl halides is 6. The first-order valence-corrected chi connectivity index (χ1v) is 13.4. The van der Waals surface area contributed by atoms with Crippen molar-refractivity contribution in [1.82, 2.24) is 24.5 Å². The predicted molar refractivity (Wildman–Crippen MR) is 137 cm³/mol. The van der Waals surface area contributed by atoms with Crippen LogP contribution in [-0.2, 0) is 41.5 Å². The van der Waals surface area contributed by atoms with Crippen molar-refractivity contribution in [3.05, 3.63) is 52.3 Å². The zero-order valence-corrected chi connectivity index (χ0v) is 23.7. The summed E-state index contributed by atoms with van der Waals surface area (Å²) in [6.45, 7) is 9.58. The Labute approximate surface area is 238 Å². The molecule has 1 aromatic carbocycles. The number of hydrogen-bond acceptors (Lipinski definition) is 6. The highest BCUT2D eigenvalue weighted by Crippen LogP contribution is 2.36. The number of aromatic nitrogens is 2. The number of amides is 2. The van der Waals surface area contributed by atoms with Gasteiger partial charge in [-0.05, 0) is 57.5 Å². The molecule has 9 nitrogen and oxygen atoms in total. The molecule has 42 heavy (non-hydrogen) atoms. The molecule has 4 rings (SSSR count). The SMILES string of the molecule is CC(c1cc2n(n1)CCN(C(=O)OCc1cc(C(F)(F)F)cc(C(F)(F)F)c1)C2)N1CCN(C(=O)OC(C)(C)C)CC1. The molecule has 3 heterocycles. The van der Waals surface area contributed by atoms with Gasteiger partial charge in [-0.15, -0.1) is 0 Å². The van der Waals surface area contributed by atoms with E-state index in [2.05, 4.69) is 10.00 Å². The summed E-state index contributed by atoms with van der Waals surface area (Å²) >= 11 is 0. The summed E-state index contributed by atoms with van der Waals surface area (Å²) in [6.07, 6.45) is -11.2. The van der Waals surface area contributed by atoms with E-state index in [0.717, 1.165) is 5.69 Å². The van der Waals surface area contributed by atoms with Gasteiger partial charge in [0.2, 0.25) is 0 Å². The third-order valence-electron chi connectivity index (χ3n) is 7.03. The standard InChI is InChI=1S/C27H33F6N5O4/c1-17(35-5-7-36(8-6-35)24(40)42-25(2,3)4)22-14-21-15-37(9-10-38(21)34-22)23(39)41-16-18-11-19(26(28,29)30)13-20(12-18)27(31,32)33/h11-14,17H,5-10,15-16H2,1-4H3. The first-order valence-electron chi connectivity index (χ1n) is 13.4. The topological polar surface area (TPSA) is 80.1 Å². The number of ether oxygens (including phenoxy) is 2. The Kier molecular flexibility index (Phi) is 8.72. The van der Waals surface area contributed by atoms with E-state index in [1.54, 1.807) is 9.58 Å². The first-order chi connectivity index (χ1) is 19.4. The van der Waals surface area contributed by atoms with Crippen LogP contribution in [0.25, 0.3) is 0 Å². The molecule has 0 aliphatic carbocycles. The minimum absolute atomic E-state index is 0.0244. The van der Waals surface area contributed by atoms with Crippen molar-refractivity contribution in [3.63, 3.8) is 0 Å². The van der Waals surface area contributed by atoms with Gasteiger partial charge in [0.25, 0.3) is 0 Å². The number of benzene rings is 1. The lowest BCUT2D eigenvalue weighted by atomic mass is 10.1. The van der Waals surface area contributed by atoms with Crippen molar-refractivity contribution < 1.29 is 45.4 Å². The van der Waals surface area contributed by atoms with Crippen LogP contribution in [-0.4, -0.2) is 75.0 Å². The first kappa shape index (κ1) is 31.4. The van der Waals surface area contributed by atoms with Crippen LogP contribution in [0.1, 0.15) is 61.8 Å². The van der Waals surface area contributed by atoms with E-state index < -0.39 is 47.3 Å². The van der Waals surface area contributed by atoms with Gasteiger partial charge in [-0.25, -0.2) is 9.59 Å². The fourth-order valence-electron chi connectivity index (χ4n) is 4.79. The molecule has 2 aromatic rings. The van der Waals surface area contributed by atoms with Gasteiger partial charge in [-0.3, -0.25) is 9.58 Å². The average Bonchev–Trinajstić information content (AvgIpc) is 3.33. The molecule has 0 N–H and O–H groups in total. The van der Waals surface area contributed by atoms with Crippen LogP contribution in [0.15, 0.2) is 24.3 Å². The van der Waals surface area contributed by atoms with Crippen molar-refractivity contribution in [2.75, 3.05) is 32.7 Å². The van der Waals surface area contributed by atoms with Gasteiger partial charge in [0.05, 0.1) is 41.6 Å². The molecular formula is C27H33F6N5O4. The molecule has 2 amide bonds. The second-order valence-electron chi connectivity index (χ2n) is 11.4. The van der Waals surface area contributed by atoms with Crippen LogP contribution in [0, 0.1) is 0 Å². The van der Waals surface area contributed by atoms with Gasteiger partial charge >= 0.3 is 24.5 Å². The number of halogens is 6. The van der Waals surface area contributed by atoms with Crippen LogP contribution >= 0.6 is 0 Å². The second kappa shape index (κ2) is 11.7. The highest BCUT2D eigenvalue weighted by Gasteiger charge is 2.37. The Balaban J connectivity index is 1.34. The normalized spacial score (nSPS) is 17.6. The predicted octanol–water partition coefficient (Wildman–Crippen LogP) is 5.69. The summed E-state index contributed by atoms with van der Waals surface area (Å²) in [5, 5.41) is 4.66. The van der Waals surface area contributed by atoms with Crippen LogP contribution in [0.2, 0.25) is 0 Å². The summed E-state index contributed by atoms with van der Waals surface area (Å²) in [5.74, 6) is 0. The number of nitrogens with zero attached hydrogens (tertiary/aromatic N) is 5. The summed E-state index contributed by atoms with van der Waals surface area (Å²) in [7, 11) is 0. The largest absolute Gasteiger partial charge is 0.445 e. The number of piperazine rings is 1. The highest BCUT2D eigenvalue weighted by molar-refractivity contribution is 5.68. The molecule has 1 saturated heterocycles. The van der Waals surface area contributed by atoms with Gasteiger partial charge in [-0.1, -0.05) is 0 Å². The third kappa shape index (κ3) is 7.66. The fourth-order valence-corrected chi connectivity index (χ4v) is 4.79. The Morgan fingerprint density at radius 3 is 1.95 bits per heavy atom. The lowest BCUT2D eigenvalue weighted by Gasteiger charge is -2.37. The number of carbonyl (C=O) groups is 2. The van der Waals surface area contributed by atoms with Crippen molar-refractivity contribution in [1.29, 1.82) is 0 Å². The molecule has 0 radical (unpaired) electrons. The Morgan fingerprint density at radius 2 is 1.40 bits per heavy atom. The van der Waals surface area contributed by atoms with Crippen LogP contribution in [0.5, 0.6) is 0 Å². The van der Waals surface area contributed by atoms with E-state index in [0.29, 0.717) is 50.6 Å². The van der Waals surface area contributed by atoms with Gasteiger partial charge < -0.3 is 19.3 Å². The van der Waals surface area contributed by atoms with Crippen molar-refractivity contribution in [2.24, 2.45) is 0 Å². The molecule has 15 heteroatoms. The Hall–Kier alpha value is -3.49. The number of rotatable bonds is 4. The van der Waals surface area contributed by atoms with Crippen molar-refractivity contribution in [2.45, 2.75) is 71.4 Å². The molecule has 1 atom stereocenters. The summed E-state index contributed by atoms with van der Waals surface area (Å²) in [4.78, 5) is 30.2. The lowest BCUT2D eigenvalue weighted by molar-refractivity contribution is -0.143. The number of carbonyl (C=O) groups excluding carboxylic acids is 2. The zero-order chi connectivity index (χ0) is 31.0. The van der Waals surface area contributed by atoms with E-state index >= 15 is 0 Å². The smallest absolute Gasteiger partial charge is 0.416 e. The van der Waals surface area contributed by atoms with E-state index in [4.69, 9.17) is 9.47 Å². The highest BCUT2D eigenvalue weighted by atomic mass is 19.4. The number of fused-ring (bicyclic) bond motifs is 1. The van der Waals surface area contributed by atoms with Crippen molar-refractivity contribution in [3.8, 4) is 0 Å². The van der Waals surface area contributed by atoms with E-state index in [1.165, 1.54) is 4.90 Å². The van der Waals surface area contributed by atoms with Crippen LogP contribution in [0.4, 0.5) is 35.9 Å². The minimum Gasteiger partial charge on any atom is -0.445 e. The molecule has 1 unspecified atom stereocenters. The van der Waals surface area contributed by atoms with E-state index in [9.17, 15) is 35.9 Å². The Morgan fingerprint density at radius 1 is 0.833 bits per heavy atom. The van der Waals surface area contributed by atoms with Gasteiger partial charge in [0, 0.05) is 32.7 Å². The van der Waals surface area contributed by atoms with Crippen LogP contribution < -0.4 is 0 Å². The van der Waals surface area contributed by atoms with E-state index in [-0.39, 0.29) is 31.3 Å². The van der Waals surface area contributed by atoms with Gasteiger partial charge in [-0.2, -0.15) is 31.4 Å². The maximum absolute atomic E-state index is 13.1. The van der Waals surface area contributed by atoms with Crippen molar-refractivity contribution >= 4 is 12.2 Å². The summed E-state index contributed by atoms with van der Waals surface area (Å²) in [6, 6.07) is 2.88. The maximum Gasteiger partial charge on any atom is 0.416 e. The van der Waals surface area contributed by atoms with Gasteiger partial charge in [0.1, 0.15) is 12.2 Å². The minimum atomic E-state index is -4.99. The molecule has 1 fully saturated rings. The van der Waals surface area contributed by atoms with Gasteiger partial charge in [0.15, 0.2) is 0 Å². The molecule has 1 aromatic heterocycles. The molecular weight excluding hydrogens is 572 g/mol.